The van der Waals surface area contributed by atoms with E-state index in [4.69, 9.17) is 0 Å². The van der Waals surface area contributed by atoms with Gasteiger partial charge in [0.25, 0.3) is 0 Å². The standard InChI is InChI=1S/C11H13NOS/c1-8-4-5-14-11(8)7-12-9-2-3-10(13)6-9/h4-6,12H,2-3,7H2,1H3. The lowest BCUT2D eigenvalue weighted by Crippen LogP contribution is -2.10. The highest BCUT2D eigenvalue weighted by molar-refractivity contribution is 7.10. The van der Waals surface area contributed by atoms with Gasteiger partial charge in [0.1, 0.15) is 0 Å². The Balaban J connectivity index is 1.92. The first-order valence-corrected chi connectivity index (χ1v) is 5.64. The molecule has 1 aliphatic rings. The maximum atomic E-state index is 11.0. The van der Waals surface area contributed by atoms with Crippen molar-refractivity contribution in [3.63, 3.8) is 0 Å². The van der Waals surface area contributed by atoms with Crippen LogP contribution in [0.4, 0.5) is 0 Å². The summed E-state index contributed by atoms with van der Waals surface area (Å²) in [4.78, 5) is 12.3. The van der Waals surface area contributed by atoms with E-state index in [0.29, 0.717) is 6.42 Å². The molecule has 0 saturated carbocycles. The van der Waals surface area contributed by atoms with Gasteiger partial charge in [0.15, 0.2) is 5.78 Å². The quantitative estimate of drug-likeness (QED) is 0.824. The van der Waals surface area contributed by atoms with Gasteiger partial charge in [0.05, 0.1) is 0 Å². The van der Waals surface area contributed by atoms with Crippen LogP contribution in [-0.2, 0) is 11.3 Å². The third-order valence-electron chi connectivity index (χ3n) is 2.42. The normalized spacial score (nSPS) is 15.8. The zero-order chi connectivity index (χ0) is 9.97. The molecule has 14 heavy (non-hydrogen) atoms. The van der Waals surface area contributed by atoms with Crippen LogP contribution in [0.25, 0.3) is 0 Å². The van der Waals surface area contributed by atoms with Gasteiger partial charge in [0, 0.05) is 29.6 Å². The van der Waals surface area contributed by atoms with E-state index in [-0.39, 0.29) is 5.78 Å². The lowest BCUT2D eigenvalue weighted by Gasteiger charge is -2.05. The Morgan fingerprint density at radius 3 is 2.93 bits per heavy atom. The smallest absolute Gasteiger partial charge is 0.157 e. The Bertz CT molecular complexity index is 378. The number of ketones is 1. The lowest BCUT2D eigenvalue weighted by atomic mass is 10.3. The van der Waals surface area contributed by atoms with E-state index >= 15 is 0 Å². The second-order valence-corrected chi connectivity index (χ2v) is 4.52. The fourth-order valence-corrected chi connectivity index (χ4v) is 2.36. The summed E-state index contributed by atoms with van der Waals surface area (Å²) < 4.78 is 0. The summed E-state index contributed by atoms with van der Waals surface area (Å²) in [5, 5.41) is 5.40. The number of rotatable bonds is 3. The van der Waals surface area contributed by atoms with Gasteiger partial charge in [-0.3, -0.25) is 4.79 Å². The molecule has 1 aromatic heterocycles. The average molecular weight is 207 g/mol. The van der Waals surface area contributed by atoms with Crippen LogP contribution in [0.5, 0.6) is 0 Å². The van der Waals surface area contributed by atoms with Crippen LogP contribution in [-0.4, -0.2) is 5.78 Å². The Morgan fingerprint density at radius 1 is 1.50 bits per heavy atom. The second kappa shape index (κ2) is 3.96. The first-order valence-electron chi connectivity index (χ1n) is 4.76. The Kier molecular flexibility index (Phi) is 2.68. The molecule has 0 aliphatic heterocycles. The van der Waals surface area contributed by atoms with Crippen LogP contribution in [0, 0.1) is 6.92 Å². The Labute approximate surface area is 87.6 Å². The largest absolute Gasteiger partial charge is 0.383 e. The molecule has 0 saturated heterocycles. The number of allylic oxidation sites excluding steroid dienone is 2. The zero-order valence-electron chi connectivity index (χ0n) is 8.17. The lowest BCUT2D eigenvalue weighted by molar-refractivity contribution is -0.114. The van der Waals surface area contributed by atoms with Crippen LogP contribution in [0.1, 0.15) is 23.3 Å². The number of carbonyl (C=O) groups excluding carboxylic acids is 1. The van der Waals surface area contributed by atoms with Crippen molar-refractivity contribution in [1.29, 1.82) is 0 Å². The molecule has 0 radical (unpaired) electrons. The minimum absolute atomic E-state index is 0.246. The summed E-state index contributed by atoms with van der Waals surface area (Å²) in [6.07, 6.45) is 3.28. The SMILES string of the molecule is Cc1ccsc1CNC1=CC(=O)CC1. The molecule has 1 aromatic rings. The monoisotopic (exact) mass is 207 g/mol. The van der Waals surface area contributed by atoms with Gasteiger partial charge in [-0.25, -0.2) is 0 Å². The van der Waals surface area contributed by atoms with E-state index in [1.807, 2.05) is 0 Å². The van der Waals surface area contributed by atoms with Crippen molar-refractivity contribution in [2.24, 2.45) is 0 Å². The summed E-state index contributed by atoms with van der Waals surface area (Å²) in [6.45, 7) is 2.96. The molecular weight excluding hydrogens is 194 g/mol. The summed E-state index contributed by atoms with van der Waals surface area (Å²) in [5.74, 6) is 0.246. The molecule has 0 unspecified atom stereocenters. The number of hydrogen-bond donors (Lipinski definition) is 1. The highest BCUT2D eigenvalue weighted by atomic mass is 32.1. The van der Waals surface area contributed by atoms with E-state index in [0.717, 1.165) is 18.7 Å². The molecule has 1 aliphatic carbocycles. The summed E-state index contributed by atoms with van der Waals surface area (Å²) in [5.41, 5.74) is 2.41. The average Bonchev–Trinajstić information content (AvgIpc) is 2.72. The fourth-order valence-electron chi connectivity index (χ4n) is 1.51. The van der Waals surface area contributed by atoms with Crippen LogP contribution in [0.3, 0.4) is 0 Å². The molecule has 0 spiro atoms. The third kappa shape index (κ3) is 2.04. The number of hydrogen-bond acceptors (Lipinski definition) is 3. The van der Waals surface area contributed by atoms with Crippen molar-refractivity contribution in [2.75, 3.05) is 0 Å². The van der Waals surface area contributed by atoms with E-state index < -0.39 is 0 Å². The molecule has 3 heteroatoms. The minimum Gasteiger partial charge on any atom is -0.383 e. The molecule has 0 atom stereocenters. The fraction of sp³-hybridized carbons (Fsp3) is 0.364. The Morgan fingerprint density at radius 2 is 2.36 bits per heavy atom. The summed E-state index contributed by atoms with van der Waals surface area (Å²) in [6, 6.07) is 2.12. The van der Waals surface area contributed by atoms with Gasteiger partial charge in [-0.1, -0.05) is 0 Å². The van der Waals surface area contributed by atoms with Crippen molar-refractivity contribution >= 4 is 17.1 Å². The first-order chi connectivity index (χ1) is 6.75. The van der Waals surface area contributed by atoms with Crippen LogP contribution < -0.4 is 5.32 Å². The number of carbonyl (C=O) groups is 1. The van der Waals surface area contributed by atoms with Crippen molar-refractivity contribution in [3.8, 4) is 0 Å². The van der Waals surface area contributed by atoms with E-state index in [2.05, 4.69) is 23.7 Å². The third-order valence-corrected chi connectivity index (χ3v) is 3.44. The number of thiophene rings is 1. The van der Waals surface area contributed by atoms with Gasteiger partial charge in [-0.05, 0) is 30.4 Å². The zero-order valence-corrected chi connectivity index (χ0v) is 8.99. The van der Waals surface area contributed by atoms with Crippen molar-refractivity contribution in [2.45, 2.75) is 26.3 Å². The minimum atomic E-state index is 0.246. The maximum Gasteiger partial charge on any atom is 0.157 e. The molecule has 0 fully saturated rings. The van der Waals surface area contributed by atoms with Gasteiger partial charge in [0.2, 0.25) is 0 Å². The van der Waals surface area contributed by atoms with Gasteiger partial charge >= 0.3 is 0 Å². The van der Waals surface area contributed by atoms with Crippen LogP contribution in [0.2, 0.25) is 0 Å². The summed E-state index contributed by atoms with van der Waals surface area (Å²) in [7, 11) is 0. The van der Waals surface area contributed by atoms with Crippen molar-refractivity contribution in [1.82, 2.24) is 5.32 Å². The van der Waals surface area contributed by atoms with Gasteiger partial charge in [-0.2, -0.15) is 0 Å². The highest BCUT2D eigenvalue weighted by Crippen LogP contribution is 2.17. The molecule has 2 nitrogen and oxygen atoms in total. The second-order valence-electron chi connectivity index (χ2n) is 3.52. The molecule has 1 N–H and O–H groups in total. The van der Waals surface area contributed by atoms with Gasteiger partial charge < -0.3 is 5.32 Å². The molecular formula is C11H13NOS. The van der Waals surface area contributed by atoms with Crippen LogP contribution >= 0.6 is 11.3 Å². The number of aryl methyl sites for hydroxylation is 1. The molecule has 0 amide bonds. The summed E-state index contributed by atoms with van der Waals surface area (Å²) >= 11 is 1.76. The molecule has 0 bridgehead atoms. The van der Waals surface area contributed by atoms with E-state index in [1.54, 1.807) is 17.4 Å². The predicted molar refractivity (Wildman–Crippen MR) is 58.2 cm³/mol. The van der Waals surface area contributed by atoms with Crippen molar-refractivity contribution in [3.05, 3.63) is 33.7 Å². The van der Waals surface area contributed by atoms with Gasteiger partial charge in [-0.15, -0.1) is 11.3 Å². The topological polar surface area (TPSA) is 29.1 Å². The molecule has 0 aromatic carbocycles. The predicted octanol–water partition coefficient (Wildman–Crippen LogP) is 2.39. The Hall–Kier alpha value is -1.09. The molecule has 2 rings (SSSR count). The maximum absolute atomic E-state index is 11.0. The first kappa shape index (κ1) is 9.46. The highest BCUT2D eigenvalue weighted by Gasteiger charge is 2.11. The van der Waals surface area contributed by atoms with E-state index in [1.165, 1.54) is 10.4 Å². The number of nitrogens with one attached hydrogen (secondary N) is 1. The molecule has 74 valence electrons. The van der Waals surface area contributed by atoms with Crippen LogP contribution in [0.15, 0.2) is 23.2 Å². The van der Waals surface area contributed by atoms with E-state index in [9.17, 15) is 4.79 Å². The molecule has 1 heterocycles. The van der Waals surface area contributed by atoms with Crippen molar-refractivity contribution < 1.29 is 4.79 Å².